The van der Waals surface area contributed by atoms with Crippen molar-refractivity contribution in [2.24, 2.45) is 7.05 Å². The molecule has 6 heteroatoms. The molecule has 0 unspecified atom stereocenters. The summed E-state index contributed by atoms with van der Waals surface area (Å²) in [5.74, 6) is 0. The molecule has 0 spiro atoms. The Morgan fingerprint density at radius 1 is 1.54 bits per heavy atom. The third-order valence-electron chi connectivity index (χ3n) is 1.83. The molecule has 2 heterocycles. The fraction of sp³-hybridized carbons (Fsp3) is 0.286. The predicted molar refractivity (Wildman–Crippen MR) is 53.0 cm³/mol. The van der Waals surface area contributed by atoms with Crippen molar-refractivity contribution in [3.63, 3.8) is 0 Å². The van der Waals surface area contributed by atoms with E-state index in [0.717, 1.165) is 10.6 Å². The number of hydrogen-bond donors (Lipinski definition) is 0. The first-order valence-electron chi connectivity index (χ1n) is 3.41. The molecule has 0 bridgehead atoms. The molecular formula is C7H7N2OS2Y-. The average molecular weight is 288 g/mol. The van der Waals surface area contributed by atoms with Crippen LogP contribution in [0.5, 0.6) is 0 Å². The molecule has 1 radical (unpaired) electrons. The van der Waals surface area contributed by atoms with Crippen molar-refractivity contribution in [3.8, 4) is 10.6 Å². The fourth-order valence-corrected chi connectivity index (χ4v) is 3.49. The molecule has 2 aliphatic rings. The summed E-state index contributed by atoms with van der Waals surface area (Å²) in [4.78, 5) is 12.5. The molecule has 3 nitrogen and oxygen atoms in total. The molecule has 0 N–H and O–H groups in total. The van der Waals surface area contributed by atoms with Crippen LogP contribution in [0.15, 0.2) is 10.2 Å². The van der Waals surface area contributed by atoms with Crippen LogP contribution in [0, 0.1) is 0 Å². The van der Waals surface area contributed by atoms with Crippen LogP contribution < -0.4 is 5.56 Å². The number of rotatable bonds is 1. The normalized spacial score (nSPS) is 10.0. The average Bonchev–Trinajstić information content (AvgIpc) is 2.59. The first-order valence-corrected chi connectivity index (χ1v) is 5.63. The minimum atomic E-state index is 0. The molecule has 13 heavy (non-hydrogen) atoms. The van der Waals surface area contributed by atoms with E-state index in [0.29, 0.717) is 5.69 Å². The van der Waals surface area contributed by atoms with Crippen molar-refractivity contribution in [1.29, 1.82) is 0 Å². The van der Waals surface area contributed by atoms with Gasteiger partial charge in [0.25, 0.3) is 0 Å². The van der Waals surface area contributed by atoms with Gasteiger partial charge in [-0.2, -0.15) is 0 Å². The van der Waals surface area contributed by atoms with Crippen LogP contribution in [0.2, 0.25) is 0 Å². The summed E-state index contributed by atoms with van der Waals surface area (Å²) < 4.78 is 1.64. The van der Waals surface area contributed by atoms with Crippen molar-refractivity contribution in [2.45, 2.75) is 0 Å². The van der Waals surface area contributed by atoms with E-state index in [9.17, 15) is 4.79 Å². The largest absolute Gasteiger partial charge is 0.681 e. The van der Waals surface area contributed by atoms with E-state index in [2.05, 4.69) is 5.32 Å². The smallest absolute Gasteiger partial charge is 0.237 e. The molecule has 0 amide bonds. The molecule has 0 aliphatic carbocycles. The van der Waals surface area contributed by atoms with Crippen LogP contribution in [-0.2, 0) is 39.8 Å². The van der Waals surface area contributed by atoms with Gasteiger partial charge in [0.15, 0.2) is 0 Å². The number of fused-ring (bicyclic) bond motifs is 1. The topological polar surface area (TPSA) is 36.1 Å². The zero-order valence-electron chi connectivity index (χ0n) is 7.27. The van der Waals surface area contributed by atoms with E-state index < -0.39 is 0 Å². The Balaban J connectivity index is 0.000000845. The van der Waals surface area contributed by atoms with Gasteiger partial charge in [-0.1, -0.05) is 26.4 Å². The van der Waals surface area contributed by atoms with Crippen molar-refractivity contribution in [3.05, 3.63) is 21.1 Å². The Morgan fingerprint density at radius 3 is 2.85 bits per heavy atom. The summed E-state index contributed by atoms with van der Waals surface area (Å²) in [5.41, 5.74) is 1.60. The van der Waals surface area contributed by atoms with Crippen molar-refractivity contribution < 1.29 is 32.7 Å². The maximum atomic E-state index is 11.5. The second-order valence-electron chi connectivity index (χ2n) is 2.45. The van der Waals surface area contributed by atoms with E-state index in [1.807, 2.05) is 5.38 Å². The fourth-order valence-electron chi connectivity index (χ4n) is 1.17. The first-order chi connectivity index (χ1) is 5.75. The molecule has 0 fully saturated rings. The zero-order chi connectivity index (χ0) is 8.72. The van der Waals surface area contributed by atoms with Gasteiger partial charge in [0.1, 0.15) is 0 Å². The molecule has 0 saturated heterocycles. The minimum absolute atomic E-state index is 0. The number of nitrogens with zero attached hydrogens (tertiary/aromatic N) is 2. The van der Waals surface area contributed by atoms with Crippen molar-refractivity contribution in [1.82, 2.24) is 4.57 Å². The van der Waals surface area contributed by atoms with Gasteiger partial charge in [-0.3, -0.25) is 4.79 Å². The molecule has 0 saturated carbocycles. The minimum Gasteiger partial charge on any atom is -0.681 e. The summed E-state index contributed by atoms with van der Waals surface area (Å²) in [7, 11) is 6.66. The number of hydrogen-bond acceptors (Lipinski definition) is 3. The van der Waals surface area contributed by atoms with Gasteiger partial charge in [-0.25, -0.2) is 0 Å². The molecular weight excluding hydrogens is 281 g/mol. The van der Waals surface area contributed by atoms with Crippen LogP contribution in [0.4, 0.5) is 5.69 Å². The van der Waals surface area contributed by atoms with E-state index in [1.54, 1.807) is 39.3 Å². The Labute approximate surface area is 108 Å². The van der Waals surface area contributed by atoms with Gasteiger partial charge in [0.05, 0.1) is 10.6 Å². The second kappa shape index (κ2) is 4.21. The maximum Gasteiger partial charge on any atom is 0.237 e. The Hall–Kier alpha value is 0.294. The van der Waals surface area contributed by atoms with Gasteiger partial charge in [-0.15, -0.1) is 7.05 Å². The third-order valence-corrected chi connectivity index (χ3v) is 3.89. The van der Waals surface area contributed by atoms with E-state index >= 15 is 0 Å². The summed E-state index contributed by atoms with van der Waals surface area (Å²) in [6, 6.07) is 0. The van der Waals surface area contributed by atoms with Gasteiger partial charge >= 0.3 is 0 Å². The molecule has 0 aromatic rings. The quantitative estimate of drug-likeness (QED) is 0.741. The molecule has 0 aromatic carbocycles. The second-order valence-corrected chi connectivity index (χ2v) is 4.53. The SMILES string of the molecule is C[N-]c1c2sscc-2n(C)c1=O.[Y]. The summed E-state index contributed by atoms with van der Waals surface area (Å²) in [6.07, 6.45) is 0. The molecule has 0 aromatic heterocycles. The third kappa shape index (κ3) is 1.63. The summed E-state index contributed by atoms with van der Waals surface area (Å²) in [5, 5.41) is 5.96. The molecule has 2 aliphatic heterocycles. The van der Waals surface area contributed by atoms with Crippen molar-refractivity contribution >= 4 is 26.4 Å². The van der Waals surface area contributed by atoms with Gasteiger partial charge < -0.3 is 9.88 Å². The molecule has 0 atom stereocenters. The standard InChI is InChI=1S/C7H7N2OS2.Y/c1-8-5-6-4(3-11-12-6)9(2)7(5)10;/h3H,1-2H3;/q-1;. The monoisotopic (exact) mass is 288 g/mol. The Bertz CT molecular complexity index is 430. The van der Waals surface area contributed by atoms with Gasteiger partial charge in [-0.05, 0) is 0 Å². The van der Waals surface area contributed by atoms with Gasteiger partial charge in [0, 0.05) is 45.1 Å². The summed E-state index contributed by atoms with van der Waals surface area (Å²) >= 11 is 0. The predicted octanol–water partition coefficient (Wildman–Crippen LogP) is 2.25. The zero-order valence-corrected chi connectivity index (χ0v) is 11.7. The van der Waals surface area contributed by atoms with Crippen LogP contribution in [-0.4, -0.2) is 11.6 Å². The number of aromatic nitrogens is 1. The first kappa shape index (κ1) is 11.4. The Kier molecular flexibility index (Phi) is 3.68. The Morgan fingerprint density at radius 2 is 2.23 bits per heavy atom. The molecule has 67 valence electrons. The maximum absolute atomic E-state index is 11.5. The van der Waals surface area contributed by atoms with Crippen LogP contribution in [0.3, 0.4) is 0 Å². The van der Waals surface area contributed by atoms with E-state index in [1.165, 1.54) is 0 Å². The molecule has 2 rings (SSSR count). The summed E-state index contributed by atoms with van der Waals surface area (Å²) in [6.45, 7) is 0. The van der Waals surface area contributed by atoms with Crippen LogP contribution >= 0.6 is 20.7 Å². The van der Waals surface area contributed by atoms with E-state index in [-0.39, 0.29) is 38.3 Å². The van der Waals surface area contributed by atoms with Gasteiger partial charge in [0.2, 0.25) is 5.56 Å². The van der Waals surface area contributed by atoms with E-state index in [4.69, 9.17) is 0 Å². The van der Waals surface area contributed by atoms with Crippen molar-refractivity contribution in [2.75, 3.05) is 7.05 Å². The van der Waals surface area contributed by atoms with Crippen LogP contribution in [0.1, 0.15) is 0 Å². The van der Waals surface area contributed by atoms with Crippen LogP contribution in [0.25, 0.3) is 15.9 Å².